The van der Waals surface area contributed by atoms with Gasteiger partial charge in [-0.1, -0.05) is 19.9 Å². The molecular weight excluding hydrogens is 332 g/mol. The van der Waals surface area contributed by atoms with Gasteiger partial charge in [-0.15, -0.1) is 0 Å². The van der Waals surface area contributed by atoms with Gasteiger partial charge in [-0.25, -0.2) is 9.59 Å². The summed E-state index contributed by atoms with van der Waals surface area (Å²) in [6, 6.07) is 3.28. The monoisotopic (exact) mass is 354 g/mol. The molecule has 0 fully saturated rings. The molecule has 136 valence electrons. The van der Waals surface area contributed by atoms with Gasteiger partial charge >= 0.3 is 11.9 Å². The molecule has 0 aromatic carbocycles. The summed E-state index contributed by atoms with van der Waals surface area (Å²) in [7, 11) is 0. The predicted molar refractivity (Wildman–Crippen MR) is 94.0 cm³/mol. The van der Waals surface area contributed by atoms with E-state index in [4.69, 9.17) is 13.9 Å². The number of carbonyl (C=O) groups is 2. The third-order valence-corrected chi connectivity index (χ3v) is 6.23. The van der Waals surface area contributed by atoms with Crippen LogP contribution in [0.25, 0.3) is 0 Å². The van der Waals surface area contributed by atoms with Crippen molar-refractivity contribution in [2.24, 2.45) is 11.3 Å². The topological polar surface area (TPSA) is 65.7 Å². The number of hydrogen-bond donors (Lipinski definition) is 0. The van der Waals surface area contributed by atoms with E-state index in [1.807, 2.05) is 13.8 Å². The minimum Gasteiger partial charge on any atom is -0.457 e. The molecule has 2 heterocycles. The standard InChI is InChI=1S/C21H22O5/c1-11-14-10-21(4)13(3)16(25-20(23)17-6-5-9-24-17)8-7-15(21)12(2)18(14)26-19(11)22/h5-7,9,13,16H,8,10H2,1-4H3/t13-,16-,21+/m0/s1. The second kappa shape index (κ2) is 5.73. The largest absolute Gasteiger partial charge is 0.457 e. The minimum absolute atomic E-state index is 0.0916. The van der Waals surface area contributed by atoms with Crippen molar-refractivity contribution in [3.63, 3.8) is 0 Å². The second-order valence-corrected chi connectivity index (χ2v) is 7.60. The molecule has 4 rings (SSSR count). The van der Waals surface area contributed by atoms with E-state index >= 15 is 0 Å². The first kappa shape index (κ1) is 16.9. The SMILES string of the molecule is CC1=C2C[C@@]3(C)C(=CC[C@H](OC(=O)c4ccco4)[C@@H]3C)C(C)=C2OC1=O. The number of esters is 2. The Kier molecular flexibility index (Phi) is 3.72. The average molecular weight is 354 g/mol. The fourth-order valence-corrected chi connectivity index (χ4v) is 4.43. The maximum atomic E-state index is 12.3. The molecule has 2 aliphatic carbocycles. The van der Waals surface area contributed by atoms with Crippen LogP contribution < -0.4 is 0 Å². The normalized spacial score (nSPS) is 30.6. The molecule has 1 aromatic heterocycles. The zero-order valence-electron chi connectivity index (χ0n) is 15.4. The van der Waals surface area contributed by atoms with Gasteiger partial charge in [-0.05, 0) is 43.5 Å². The molecule has 3 aliphatic rings. The van der Waals surface area contributed by atoms with Gasteiger partial charge in [0.2, 0.25) is 5.76 Å². The van der Waals surface area contributed by atoms with Gasteiger partial charge in [0.05, 0.1) is 6.26 Å². The van der Waals surface area contributed by atoms with E-state index in [-0.39, 0.29) is 29.2 Å². The van der Waals surface area contributed by atoms with Crippen molar-refractivity contribution in [2.75, 3.05) is 0 Å². The van der Waals surface area contributed by atoms with E-state index in [0.717, 1.165) is 16.9 Å². The van der Waals surface area contributed by atoms with Crippen molar-refractivity contribution in [3.05, 3.63) is 58.3 Å². The van der Waals surface area contributed by atoms with E-state index in [9.17, 15) is 9.59 Å². The molecule has 5 nitrogen and oxygen atoms in total. The molecule has 0 N–H and O–H groups in total. The number of ether oxygens (including phenoxy) is 2. The van der Waals surface area contributed by atoms with Crippen molar-refractivity contribution in [3.8, 4) is 0 Å². The molecule has 0 saturated carbocycles. The highest BCUT2D eigenvalue weighted by atomic mass is 16.6. The van der Waals surface area contributed by atoms with Crippen LogP contribution in [0.2, 0.25) is 0 Å². The molecule has 1 aromatic rings. The van der Waals surface area contributed by atoms with Crippen molar-refractivity contribution >= 4 is 11.9 Å². The Bertz CT molecular complexity index is 884. The maximum Gasteiger partial charge on any atom is 0.374 e. The molecule has 0 spiro atoms. The smallest absolute Gasteiger partial charge is 0.374 e. The highest BCUT2D eigenvalue weighted by Crippen LogP contribution is 2.56. The lowest BCUT2D eigenvalue weighted by Gasteiger charge is -2.47. The van der Waals surface area contributed by atoms with Crippen molar-refractivity contribution in [1.29, 1.82) is 0 Å². The Balaban J connectivity index is 1.67. The molecule has 1 aliphatic heterocycles. The number of rotatable bonds is 2. The van der Waals surface area contributed by atoms with Crippen LogP contribution >= 0.6 is 0 Å². The molecule has 3 atom stereocenters. The Morgan fingerprint density at radius 1 is 1.31 bits per heavy atom. The maximum absolute atomic E-state index is 12.3. The quantitative estimate of drug-likeness (QED) is 0.740. The summed E-state index contributed by atoms with van der Waals surface area (Å²) in [6.07, 6.45) is 4.69. The van der Waals surface area contributed by atoms with Crippen LogP contribution in [-0.2, 0) is 14.3 Å². The van der Waals surface area contributed by atoms with Crippen LogP contribution in [0.4, 0.5) is 0 Å². The number of allylic oxidation sites excluding steroid dienone is 3. The minimum atomic E-state index is -0.439. The zero-order valence-corrected chi connectivity index (χ0v) is 15.4. The van der Waals surface area contributed by atoms with Crippen molar-refractivity contribution in [2.45, 2.75) is 46.6 Å². The fraction of sp³-hybridized carbons (Fsp3) is 0.429. The number of carbonyl (C=O) groups excluding carboxylic acids is 2. The van der Waals surface area contributed by atoms with Crippen LogP contribution in [0.5, 0.6) is 0 Å². The van der Waals surface area contributed by atoms with Crippen LogP contribution in [0.1, 0.15) is 51.1 Å². The number of furan rings is 1. The van der Waals surface area contributed by atoms with Gasteiger partial charge in [0.1, 0.15) is 11.9 Å². The lowest BCUT2D eigenvalue weighted by atomic mass is 9.58. The first-order valence-electron chi connectivity index (χ1n) is 8.91. The van der Waals surface area contributed by atoms with Gasteiger partial charge in [-0.2, -0.15) is 0 Å². The van der Waals surface area contributed by atoms with Crippen LogP contribution in [0.3, 0.4) is 0 Å². The van der Waals surface area contributed by atoms with E-state index < -0.39 is 5.97 Å². The van der Waals surface area contributed by atoms with E-state index in [1.165, 1.54) is 11.8 Å². The van der Waals surface area contributed by atoms with Crippen LogP contribution in [0, 0.1) is 11.3 Å². The Labute approximate surface area is 152 Å². The molecule has 0 saturated heterocycles. The predicted octanol–water partition coefficient (Wildman–Crippen LogP) is 4.33. The molecule has 0 unspecified atom stereocenters. The van der Waals surface area contributed by atoms with Crippen molar-refractivity contribution in [1.82, 2.24) is 0 Å². The van der Waals surface area contributed by atoms with E-state index in [2.05, 4.69) is 19.9 Å². The first-order chi connectivity index (χ1) is 12.3. The summed E-state index contributed by atoms with van der Waals surface area (Å²) >= 11 is 0. The molecule has 0 bridgehead atoms. The third-order valence-electron chi connectivity index (χ3n) is 6.23. The Morgan fingerprint density at radius 3 is 2.77 bits per heavy atom. The molecule has 0 amide bonds. The average Bonchev–Trinajstić information content (AvgIpc) is 3.23. The molecule has 0 radical (unpaired) electrons. The summed E-state index contributed by atoms with van der Waals surface area (Å²) in [5.74, 6) is 0.326. The van der Waals surface area contributed by atoms with Crippen LogP contribution in [-0.4, -0.2) is 18.0 Å². The Morgan fingerprint density at radius 2 is 2.08 bits per heavy atom. The van der Waals surface area contributed by atoms with Gasteiger partial charge in [0.15, 0.2) is 0 Å². The van der Waals surface area contributed by atoms with Crippen LogP contribution in [0.15, 0.2) is 56.9 Å². The summed E-state index contributed by atoms with van der Waals surface area (Å²) in [5.41, 5.74) is 3.65. The lowest BCUT2D eigenvalue weighted by Crippen LogP contribution is -2.43. The van der Waals surface area contributed by atoms with E-state index in [1.54, 1.807) is 12.1 Å². The second-order valence-electron chi connectivity index (χ2n) is 7.60. The van der Waals surface area contributed by atoms with Crippen molar-refractivity contribution < 1.29 is 23.5 Å². The molecule has 5 heteroatoms. The summed E-state index contributed by atoms with van der Waals surface area (Å²) in [5, 5.41) is 0. The highest BCUT2D eigenvalue weighted by Gasteiger charge is 2.50. The highest BCUT2D eigenvalue weighted by molar-refractivity contribution is 5.94. The summed E-state index contributed by atoms with van der Waals surface area (Å²) in [6.45, 7) is 8.11. The Hall–Kier alpha value is -2.56. The number of fused-ring (bicyclic) bond motifs is 2. The lowest BCUT2D eigenvalue weighted by molar-refractivity contribution is -0.133. The summed E-state index contributed by atoms with van der Waals surface area (Å²) in [4.78, 5) is 24.3. The number of hydrogen-bond acceptors (Lipinski definition) is 5. The third kappa shape index (κ3) is 2.30. The fourth-order valence-electron chi connectivity index (χ4n) is 4.43. The van der Waals surface area contributed by atoms with Gasteiger partial charge < -0.3 is 13.9 Å². The van der Waals surface area contributed by atoms with Gasteiger partial charge in [0.25, 0.3) is 0 Å². The summed E-state index contributed by atoms with van der Waals surface area (Å²) < 4.78 is 16.4. The first-order valence-corrected chi connectivity index (χ1v) is 8.91. The molecule has 26 heavy (non-hydrogen) atoms. The zero-order chi connectivity index (χ0) is 18.6. The van der Waals surface area contributed by atoms with E-state index in [0.29, 0.717) is 18.4 Å². The molecular formula is C21H22O5. The van der Waals surface area contributed by atoms with Gasteiger partial charge in [0, 0.05) is 28.9 Å². The van der Waals surface area contributed by atoms with Gasteiger partial charge in [-0.3, -0.25) is 0 Å².